The molecule has 10 aromatic carbocycles. The predicted octanol–water partition coefficient (Wildman–Crippen LogP) is 15.6. The maximum atomic E-state index is 6.53. The van der Waals surface area contributed by atoms with Gasteiger partial charge in [0, 0.05) is 36.3 Å². The lowest BCUT2D eigenvalue weighted by Gasteiger charge is -2.17. The fraction of sp³-hybridized carbons (Fsp3) is 0. The first-order chi connectivity index (χ1) is 26.8. The fourth-order valence-corrected chi connectivity index (χ4v) is 10.2. The highest BCUT2D eigenvalue weighted by molar-refractivity contribution is 7.25. The molecule has 0 saturated heterocycles. The summed E-state index contributed by atoms with van der Waals surface area (Å²) in [6.45, 7) is 0. The van der Waals surface area contributed by atoms with E-state index < -0.39 is 0 Å². The standard InChI is InChI=1S/C52H30OS/c1-2-12-31(13-3-1)49-39-16-6-8-18-41(39)50(42-19-9-7-17-40(42)49)34-24-26-37-36-25-22-33(29-47(36)54-48(37)30-34)32-23-27-43-45(28-32)35-14-4-5-15-38(35)51-44-20-10-11-21-46(44)53-52(43)51/h1-30H. The zero-order valence-corrected chi connectivity index (χ0v) is 30.0. The molecular formula is C52H30OS. The predicted molar refractivity (Wildman–Crippen MR) is 233 cm³/mol. The van der Waals surface area contributed by atoms with Gasteiger partial charge in [-0.3, -0.25) is 0 Å². The number of para-hydroxylation sites is 1. The summed E-state index contributed by atoms with van der Waals surface area (Å²) in [4.78, 5) is 0. The number of thiophene rings is 1. The number of furan rings is 1. The van der Waals surface area contributed by atoms with E-state index in [4.69, 9.17) is 4.42 Å². The van der Waals surface area contributed by atoms with Crippen molar-refractivity contribution in [2.24, 2.45) is 0 Å². The van der Waals surface area contributed by atoms with Gasteiger partial charge in [-0.05, 0) is 101 Å². The molecule has 0 aliphatic carbocycles. The van der Waals surface area contributed by atoms with E-state index in [0.29, 0.717) is 0 Å². The van der Waals surface area contributed by atoms with Crippen molar-refractivity contribution in [2.75, 3.05) is 0 Å². The Labute approximate surface area is 314 Å². The zero-order chi connectivity index (χ0) is 35.3. The van der Waals surface area contributed by atoms with Crippen LogP contribution < -0.4 is 0 Å². The van der Waals surface area contributed by atoms with Crippen molar-refractivity contribution < 1.29 is 4.42 Å². The maximum absolute atomic E-state index is 6.53. The van der Waals surface area contributed by atoms with Crippen LogP contribution in [-0.4, -0.2) is 0 Å². The molecule has 1 nitrogen and oxygen atoms in total. The van der Waals surface area contributed by atoms with E-state index >= 15 is 0 Å². The number of fused-ring (bicyclic) bond motifs is 13. The van der Waals surface area contributed by atoms with Crippen LogP contribution in [0.1, 0.15) is 0 Å². The molecule has 0 N–H and O–H groups in total. The molecule has 0 aliphatic rings. The van der Waals surface area contributed by atoms with Crippen molar-refractivity contribution in [3.05, 3.63) is 182 Å². The maximum Gasteiger partial charge on any atom is 0.143 e. The summed E-state index contributed by atoms with van der Waals surface area (Å²) in [7, 11) is 0. The minimum Gasteiger partial charge on any atom is -0.455 e. The van der Waals surface area contributed by atoms with Gasteiger partial charge in [0.05, 0.1) is 0 Å². The molecule has 0 spiro atoms. The average molecular weight is 703 g/mol. The molecule has 12 aromatic rings. The van der Waals surface area contributed by atoms with Crippen molar-refractivity contribution in [3.8, 4) is 33.4 Å². The Hall–Kier alpha value is -6.74. The molecule has 2 heterocycles. The van der Waals surface area contributed by atoms with E-state index in [0.717, 1.165) is 16.6 Å². The third-order valence-corrected chi connectivity index (χ3v) is 12.6. The van der Waals surface area contributed by atoms with Crippen LogP contribution >= 0.6 is 11.3 Å². The summed E-state index contributed by atoms with van der Waals surface area (Å²) in [5.74, 6) is 0. The Bertz CT molecular complexity index is 3440. The van der Waals surface area contributed by atoms with Gasteiger partial charge in [0.1, 0.15) is 11.2 Å². The van der Waals surface area contributed by atoms with E-state index in [-0.39, 0.29) is 0 Å². The fourth-order valence-electron chi connectivity index (χ4n) is 9.05. The quantitative estimate of drug-likeness (QED) is 0.132. The van der Waals surface area contributed by atoms with Gasteiger partial charge < -0.3 is 4.42 Å². The minimum atomic E-state index is 0.929. The van der Waals surface area contributed by atoms with E-state index in [9.17, 15) is 0 Å². The van der Waals surface area contributed by atoms with E-state index in [1.807, 2.05) is 17.4 Å². The van der Waals surface area contributed by atoms with Crippen LogP contribution in [0.4, 0.5) is 0 Å². The van der Waals surface area contributed by atoms with Crippen LogP contribution in [-0.2, 0) is 0 Å². The van der Waals surface area contributed by atoms with Gasteiger partial charge in [-0.25, -0.2) is 0 Å². The topological polar surface area (TPSA) is 13.1 Å². The lowest BCUT2D eigenvalue weighted by molar-refractivity contribution is 0.673. The van der Waals surface area contributed by atoms with Crippen LogP contribution in [0, 0.1) is 0 Å². The second-order valence-corrected chi connectivity index (χ2v) is 15.4. The Morgan fingerprint density at radius 1 is 0.296 bits per heavy atom. The van der Waals surface area contributed by atoms with Crippen molar-refractivity contribution >= 4 is 96.5 Å². The first kappa shape index (κ1) is 29.8. The van der Waals surface area contributed by atoms with E-state index in [1.165, 1.54) is 102 Å². The molecule has 2 aromatic heterocycles. The summed E-state index contributed by atoms with van der Waals surface area (Å²) in [6.07, 6.45) is 0. The molecule has 2 heteroatoms. The van der Waals surface area contributed by atoms with Gasteiger partial charge in [-0.15, -0.1) is 11.3 Å². The van der Waals surface area contributed by atoms with E-state index in [2.05, 4.69) is 176 Å². The molecule has 250 valence electrons. The molecule has 0 saturated carbocycles. The second-order valence-electron chi connectivity index (χ2n) is 14.3. The molecule has 0 unspecified atom stereocenters. The Balaban J connectivity index is 1.02. The first-order valence-corrected chi connectivity index (χ1v) is 19.3. The molecule has 0 bridgehead atoms. The largest absolute Gasteiger partial charge is 0.455 e. The van der Waals surface area contributed by atoms with Gasteiger partial charge in [-0.1, -0.05) is 152 Å². The van der Waals surface area contributed by atoms with Crippen LogP contribution in [0.15, 0.2) is 186 Å². The van der Waals surface area contributed by atoms with Gasteiger partial charge in [0.2, 0.25) is 0 Å². The summed E-state index contributed by atoms with van der Waals surface area (Å²) in [6, 6.07) is 66.7. The molecule has 0 amide bonds. The normalized spacial score (nSPS) is 12.1. The number of rotatable bonds is 3. The highest BCUT2D eigenvalue weighted by Gasteiger charge is 2.19. The summed E-state index contributed by atoms with van der Waals surface area (Å²) in [5.41, 5.74) is 9.40. The van der Waals surface area contributed by atoms with Crippen molar-refractivity contribution in [3.63, 3.8) is 0 Å². The third-order valence-electron chi connectivity index (χ3n) is 11.4. The van der Waals surface area contributed by atoms with Crippen molar-refractivity contribution in [1.82, 2.24) is 0 Å². The summed E-state index contributed by atoms with van der Waals surface area (Å²) in [5, 5.41) is 14.9. The SMILES string of the molecule is c1ccc(-c2c3ccccc3c(-c3ccc4c(c3)sc3cc(-c5ccc6c(c5)c5ccccc5c5c7ccccc7oc65)ccc34)c3ccccc23)cc1. The number of benzene rings is 10. The molecule has 0 fully saturated rings. The van der Waals surface area contributed by atoms with Crippen molar-refractivity contribution in [1.29, 1.82) is 0 Å². The molecule has 0 aliphatic heterocycles. The number of hydrogen-bond acceptors (Lipinski definition) is 2. The van der Waals surface area contributed by atoms with Crippen molar-refractivity contribution in [2.45, 2.75) is 0 Å². The highest BCUT2D eigenvalue weighted by atomic mass is 32.1. The molecule has 0 atom stereocenters. The molecule has 12 rings (SSSR count). The monoisotopic (exact) mass is 702 g/mol. The lowest BCUT2D eigenvalue weighted by atomic mass is 9.86. The summed E-state index contributed by atoms with van der Waals surface area (Å²) >= 11 is 1.89. The first-order valence-electron chi connectivity index (χ1n) is 18.5. The minimum absolute atomic E-state index is 0.929. The van der Waals surface area contributed by atoms with Gasteiger partial charge in [0.15, 0.2) is 0 Å². The van der Waals surface area contributed by atoms with Gasteiger partial charge in [-0.2, -0.15) is 0 Å². The third kappa shape index (κ3) is 4.26. The van der Waals surface area contributed by atoms with Crippen LogP contribution in [0.2, 0.25) is 0 Å². The zero-order valence-electron chi connectivity index (χ0n) is 29.1. The average Bonchev–Trinajstić information content (AvgIpc) is 3.81. The second kappa shape index (κ2) is 11.4. The van der Waals surface area contributed by atoms with E-state index in [1.54, 1.807) is 0 Å². The van der Waals surface area contributed by atoms with Gasteiger partial charge >= 0.3 is 0 Å². The molecule has 54 heavy (non-hydrogen) atoms. The smallest absolute Gasteiger partial charge is 0.143 e. The van der Waals surface area contributed by atoms with Crippen LogP contribution in [0.3, 0.4) is 0 Å². The van der Waals surface area contributed by atoms with Crippen LogP contribution in [0.25, 0.3) is 119 Å². The Kier molecular flexibility index (Phi) is 6.28. The lowest BCUT2D eigenvalue weighted by Crippen LogP contribution is -1.90. The molecular weight excluding hydrogens is 673 g/mol. The van der Waals surface area contributed by atoms with Gasteiger partial charge in [0.25, 0.3) is 0 Å². The number of hydrogen-bond donors (Lipinski definition) is 0. The summed E-state index contributed by atoms with van der Waals surface area (Å²) < 4.78 is 9.13. The molecule has 0 radical (unpaired) electrons. The highest BCUT2D eigenvalue weighted by Crippen LogP contribution is 2.46. The van der Waals surface area contributed by atoms with Crippen LogP contribution in [0.5, 0.6) is 0 Å². The Morgan fingerprint density at radius 3 is 1.44 bits per heavy atom. The Morgan fingerprint density at radius 2 is 0.778 bits per heavy atom.